The molecule has 0 unspecified atom stereocenters. The third-order valence-electron chi connectivity index (χ3n) is 4.07. The number of pyridine rings is 1. The van der Waals surface area contributed by atoms with Crippen LogP contribution in [0.4, 0.5) is 5.69 Å². The zero-order valence-corrected chi connectivity index (χ0v) is 17.5. The Morgan fingerprint density at radius 2 is 2.04 bits per heavy atom. The number of carbonyl (C=O) groups is 2. The average Bonchev–Trinajstić information content (AvgIpc) is 3.38. The minimum Gasteiger partial charge on any atom is -0.465 e. The molecular formula is C17H19N3O5S3. The summed E-state index contributed by atoms with van der Waals surface area (Å²) < 4.78 is 31.1. The van der Waals surface area contributed by atoms with Crippen LogP contribution < -0.4 is 5.32 Å². The summed E-state index contributed by atoms with van der Waals surface area (Å²) in [7, 11) is -2.22. The van der Waals surface area contributed by atoms with Crippen molar-refractivity contribution in [3.63, 3.8) is 0 Å². The van der Waals surface area contributed by atoms with E-state index < -0.39 is 16.0 Å². The molecule has 1 saturated heterocycles. The fraction of sp³-hybridized carbons (Fsp3) is 0.353. The molecule has 1 N–H and O–H groups in total. The highest BCUT2D eigenvalue weighted by molar-refractivity contribution is 7.99. The third-order valence-corrected chi connectivity index (χ3v) is 7.79. The summed E-state index contributed by atoms with van der Waals surface area (Å²) >= 11 is 2.36. The number of rotatable bonds is 7. The summed E-state index contributed by atoms with van der Waals surface area (Å²) in [6, 6.07) is 4.73. The van der Waals surface area contributed by atoms with Gasteiger partial charge in [0.1, 0.15) is 9.77 Å². The molecule has 1 amide bonds. The van der Waals surface area contributed by atoms with Crippen molar-refractivity contribution in [1.82, 2.24) is 9.29 Å². The first kappa shape index (κ1) is 20.8. The van der Waals surface area contributed by atoms with Crippen LogP contribution in [0.3, 0.4) is 0 Å². The lowest BCUT2D eigenvalue weighted by atomic mass is 10.4. The number of esters is 1. The molecule has 1 fully saturated rings. The van der Waals surface area contributed by atoms with Crippen LogP contribution in [0, 0.1) is 0 Å². The summed E-state index contributed by atoms with van der Waals surface area (Å²) in [4.78, 5) is 28.4. The van der Waals surface area contributed by atoms with E-state index in [0.29, 0.717) is 28.7 Å². The second-order valence-corrected chi connectivity index (χ2v) is 9.78. The molecule has 28 heavy (non-hydrogen) atoms. The molecule has 150 valence electrons. The molecule has 3 heterocycles. The van der Waals surface area contributed by atoms with Gasteiger partial charge in [-0.1, -0.05) is 11.8 Å². The summed E-state index contributed by atoms with van der Waals surface area (Å²) in [5, 5.41) is 4.89. The van der Waals surface area contributed by atoms with E-state index >= 15 is 0 Å². The molecule has 11 heteroatoms. The van der Waals surface area contributed by atoms with Crippen LogP contribution in [-0.2, 0) is 19.6 Å². The maximum Gasteiger partial charge on any atom is 0.350 e. The van der Waals surface area contributed by atoms with Crippen molar-refractivity contribution in [3.8, 4) is 0 Å². The number of anilines is 1. The number of amides is 1. The molecular weight excluding hydrogens is 422 g/mol. The molecule has 8 nitrogen and oxygen atoms in total. The van der Waals surface area contributed by atoms with Crippen LogP contribution in [0.15, 0.2) is 39.7 Å². The standard InChI is InChI=1S/C17H19N3O5S3/c1-25-17(22)16-13(6-9-26-16)19-14(21)11-27-15-5-4-12(10-18-15)28(23,24)20-7-2-3-8-20/h4-6,9-10H,2-3,7-8,11H2,1H3,(H,19,21). The molecule has 2 aromatic heterocycles. The van der Waals surface area contributed by atoms with E-state index in [2.05, 4.69) is 15.0 Å². The number of hydrogen-bond donors (Lipinski definition) is 1. The zero-order valence-electron chi connectivity index (χ0n) is 15.1. The Balaban J connectivity index is 1.57. The summed E-state index contributed by atoms with van der Waals surface area (Å²) in [5.41, 5.74) is 0.405. The number of nitrogens with zero attached hydrogens (tertiary/aromatic N) is 2. The molecule has 1 aliphatic heterocycles. The first-order chi connectivity index (χ1) is 13.4. The van der Waals surface area contributed by atoms with Crippen molar-refractivity contribution in [2.24, 2.45) is 0 Å². The summed E-state index contributed by atoms with van der Waals surface area (Å²) in [5.74, 6) is -0.736. The predicted molar refractivity (Wildman–Crippen MR) is 107 cm³/mol. The fourth-order valence-electron chi connectivity index (χ4n) is 2.67. The van der Waals surface area contributed by atoms with Gasteiger partial charge in [0.15, 0.2) is 0 Å². The van der Waals surface area contributed by atoms with Gasteiger partial charge in [-0.3, -0.25) is 4.79 Å². The molecule has 0 spiro atoms. The van der Waals surface area contributed by atoms with Gasteiger partial charge in [-0.15, -0.1) is 11.3 Å². The second-order valence-electron chi connectivity index (χ2n) is 5.94. The molecule has 0 atom stereocenters. The molecule has 1 aliphatic rings. The van der Waals surface area contributed by atoms with Crippen LogP contribution in [0.2, 0.25) is 0 Å². The first-order valence-electron chi connectivity index (χ1n) is 8.46. The van der Waals surface area contributed by atoms with E-state index in [1.807, 2.05) is 0 Å². The van der Waals surface area contributed by atoms with Crippen molar-refractivity contribution >= 4 is 50.7 Å². The maximum absolute atomic E-state index is 12.5. The molecule has 0 aliphatic carbocycles. The van der Waals surface area contributed by atoms with Crippen molar-refractivity contribution in [1.29, 1.82) is 0 Å². The van der Waals surface area contributed by atoms with Crippen LogP contribution in [-0.4, -0.2) is 55.5 Å². The highest BCUT2D eigenvalue weighted by Crippen LogP contribution is 2.25. The van der Waals surface area contributed by atoms with Crippen molar-refractivity contribution in [2.75, 3.05) is 31.3 Å². The van der Waals surface area contributed by atoms with E-state index in [-0.39, 0.29) is 16.6 Å². The summed E-state index contributed by atoms with van der Waals surface area (Å²) in [6.07, 6.45) is 3.07. The number of thioether (sulfide) groups is 1. The predicted octanol–water partition coefficient (Wildman–Crippen LogP) is 2.45. The lowest BCUT2D eigenvalue weighted by molar-refractivity contribution is -0.113. The van der Waals surface area contributed by atoms with Gasteiger partial charge >= 0.3 is 5.97 Å². The minimum atomic E-state index is -3.50. The fourth-order valence-corrected chi connectivity index (χ4v) is 5.54. The largest absolute Gasteiger partial charge is 0.465 e. The van der Waals surface area contributed by atoms with E-state index in [4.69, 9.17) is 0 Å². The van der Waals surface area contributed by atoms with Crippen molar-refractivity contribution < 1.29 is 22.7 Å². The van der Waals surface area contributed by atoms with Gasteiger partial charge in [-0.05, 0) is 36.4 Å². The molecule has 0 bridgehead atoms. The van der Waals surface area contributed by atoms with Gasteiger partial charge in [-0.2, -0.15) is 4.31 Å². The zero-order chi connectivity index (χ0) is 20.1. The van der Waals surface area contributed by atoms with Gasteiger partial charge in [0, 0.05) is 19.3 Å². The van der Waals surface area contributed by atoms with Gasteiger partial charge in [0.25, 0.3) is 0 Å². The molecule has 0 saturated carbocycles. The van der Waals surface area contributed by atoms with E-state index in [1.54, 1.807) is 17.5 Å². The minimum absolute atomic E-state index is 0.0711. The van der Waals surface area contributed by atoms with E-state index in [0.717, 1.165) is 12.8 Å². The SMILES string of the molecule is COC(=O)c1sccc1NC(=O)CSc1ccc(S(=O)(=O)N2CCCC2)cn1. The number of ether oxygens (including phenoxy) is 1. The first-order valence-corrected chi connectivity index (χ1v) is 11.8. The number of aromatic nitrogens is 1. The van der Waals surface area contributed by atoms with Crippen LogP contribution in [0.5, 0.6) is 0 Å². The maximum atomic E-state index is 12.5. The monoisotopic (exact) mass is 441 g/mol. The lowest BCUT2D eigenvalue weighted by Crippen LogP contribution is -2.27. The van der Waals surface area contributed by atoms with Gasteiger partial charge in [-0.25, -0.2) is 18.2 Å². The quantitative estimate of drug-likeness (QED) is 0.520. The smallest absolute Gasteiger partial charge is 0.350 e. The Labute approximate surface area is 171 Å². The average molecular weight is 442 g/mol. The number of methoxy groups -OCH3 is 1. The Kier molecular flexibility index (Phi) is 6.70. The highest BCUT2D eigenvalue weighted by atomic mass is 32.2. The van der Waals surface area contributed by atoms with Gasteiger partial charge in [0.2, 0.25) is 15.9 Å². The lowest BCUT2D eigenvalue weighted by Gasteiger charge is -2.15. The van der Waals surface area contributed by atoms with Crippen LogP contribution in [0.25, 0.3) is 0 Å². The van der Waals surface area contributed by atoms with Crippen LogP contribution in [0.1, 0.15) is 22.5 Å². The van der Waals surface area contributed by atoms with Gasteiger partial charge < -0.3 is 10.1 Å². The van der Waals surface area contributed by atoms with E-state index in [9.17, 15) is 18.0 Å². The molecule has 0 radical (unpaired) electrons. The third kappa shape index (κ3) is 4.72. The number of carbonyl (C=O) groups excluding carboxylic acids is 2. The highest BCUT2D eigenvalue weighted by Gasteiger charge is 2.27. The number of sulfonamides is 1. The number of nitrogens with one attached hydrogen (secondary N) is 1. The second kappa shape index (κ2) is 9.03. The molecule has 2 aromatic rings. The Hall–Kier alpha value is -1.95. The number of thiophene rings is 1. The summed E-state index contributed by atoms with van der Waals surface area (Å²) in [6.45, 7) is 1.07. The van der Waals surface area contributed by atoms with Crippen LogP contribution >= 0.6 is 23.1 Å². The van der Waals surface area contributed by atoms with Gasteiger partial charge in [0.05, 0.1) is 23.6 Å². The topological polar surface area (TPSA) is 106 Å². The normalized spacial score (nSPS) is 14.8. The molecule has 0 aromatic carbocycles. The van der Waals surface area contributed by atoms with E-state index in [1.165, 1.54) is 46.8 Å². The number of hydrogen-bond acceptors (Lipinski definition) is 8. The Bertz CT molecular complexity index is 951. The van der Waals surface area contributed by atoms with Crippen molar-refractivity contribution in [3.05, 3.63) is 34.7 Å². The Morgan fingerprint density at radius 1 is 1.29 bits per heavy atom. The molecule has 3 rings (SSSR count). The Morgan fingerprint density at radius 3 is 2.68 bits per heavy atom. The van der Waals surface area contributed by atoms with Crippen molar-refractivity contribution in [2.45, 2.75) is 22.8 Å².